The molecule has 1 heterocycles. The topological polar surface area (TPSA) is 66.1 Å². The SMILES string of the molecule is COc1cc(Br)nc(CC#N)c1O. The lowest BCUT2D eigenvalue weighted by molar-refractivity contribution is 0.368. The highest BCUT2D eigenvalue weighted by Crippen LogP contribution is 2.31. The first-order valence-corrected chi connectivity index (χ1v) is 4.27. The quantitative estimate of drug-likeness (QED) is 0.801. The van der Waals surface area contributed by atoms with Crippen LogP contribution in [0.25, 0.3) is 0 Å². The van der Waals surface area contributed by atoms with E-state index in [1.54, 1.807) is 0 Å². The summed E-state index contributed by atoms with van der Waals surface area (Å²) in [7, 11) is 1.44. The van der Waals surface area contributed by atoms with Crippen molar-refractivity contribution in [3.05, 3.63) is 16.4 Å². The molecule has 0 aliphatic rings. The van der Waals surface area contributed by atoms with Crippen molar-refractivity contribution in [1.29, 1.82) is 5.26 Å². The maximum atomic E-state index is 9.48. The maximum absolute atomic E-state index is 9.48. The molecule has 0 fully saturated rings. The fourth-order valence-corrected chi connectivity index (χ4v) is 1.31. The van der Waals surface area contributed by atoms with Gasteiger partial charge in [0.05, 0.1) is 19.6 Å². The molecule has 0 saturated carbocycles. The number of pyridine rings is 1. The number of halogens is 1. The minimum atomic E-state index is -0.0766. The normalized spacial score (nSPS) is 9.31. The molecule has 0 bridgehead atoms. The molecule has 1 aromatic rings. The summed E-state index contributed by atoms with van der Waals surface area (Å²) in [5.74, 6) is 0.236. The van der Waals surface area contributed by atoms with E-state index < -0.39 is 0 Å². The lowest BCUT2D eigenvalue weighted by Gasteiger charge is -2.06. The first-order valence-electron chi connectivity index (χ1n) is 3.48. The van der Waals surface area contributed by atoms with Gasteiger partial charge in [0.2, 0.25) is 0 Å². The van der Waals surface area contributed by atoms with Gasteiger partial charge in [-0.25, -0.2) is 4.98 Å². The smallest absolute Gasteiger partial charge is 0.180 e. The molecule has 5 heteroatoms. The summed E-state index contributed by atoms with van der Waals surface area (Å²) < 4.78 is 5.42. The van der Waals surface area contributed by atoms with Crippen LogP contribution in [0.4, 0.5) is 0 Å². The summed E-state index contributed by atoms with van der Waals surface area (Å²) >= 11 is 3.15. The van der Waals surface area contributed by atoms with Crippen LogP contribution >= 0.6 is 15.9 Å². The fourth-order valence-electron chi connectivity index (χ4n) is 0.887. The molecule has 1 N–H and O–H groups in total. The first kappa shape index (κ1) is 9.81. The number of aromatic hydroxyl groups is 1. The molecule has 0 atom stereocenters. The molecule has 13 heavy (non-hydrogen) atoms. The van der Waals surface area contributed by atoms with Crippen molar-refractivity contribution in [3.8, 4) is 17.6 Å². The van der Waals surface area contributed by atoms with Crippen LogP contribution in [0.5, 0.6) is 11.5 Å². The minimum absolute atomic E-state index is 0.0572. The molecule has 0 saturated heterocycles. The Kier molecular flexibility index (Phi) is 3.09. The van der Waals surface area contributed by atoms with Gasteiger partial charge in [-0.15, -0.1) is 0 Å². The van der Waals surface area contributed by atoms with Crippen LogP contribution in [0.3, 0.4) is 0 Å². The summed E-state index contributed by atoms with van der Waals surface area (Å²) in [6, 6.07) is 3.44. The summed E-state index contributed by atoms with van der Waals surface area (Å²) in [5, 5.41) is 17.9. The Morgan fingerprint density at radius 3 is 3.00 bits per heavy atom. The molecule has 4 nitrogen and oxygen atoms in total. The average molecular weight is 243 g/mol. The Hall–Kier alpha value is -1.28. The highest BCUT2D eigenvalue weighted by atomic mass is 79.9. The predicted octanol–water partition coefficient (Wildman–Crippen LogP) is 1.62. The van der Waals surface area contributed by atoms with Crippen molar-refractivity contribution in [1.82, 2.24) is 4.98 Å². The van der Waals surface area contributed by atoms with Crippen LogP contribution in [0.1, 0.15) is 5.69 Å². The zero-order valence-electron chi connectivity index (χ0n) is 6.91. The van der Waals surface area contributed by atoms with Gasteiger partial charge < -0.3 is 9.84 Å². The summed E-state index contributed by atoms with van der Waals surface area (Å²) in [5.41, 5.74) is 0.314. The van der Waals surface area contributed by atoms with E-state index in [0.29, 0.717) is 16.0 Å². The van der Waals surface area contributed by atoms with Crippen molar-refractivity contribution >= 4 is 15.9 Å². The van der Waals surface area contributed by atoms with Crippen LogP contribution in [-0.2, 0) is 6.42 Å². The number of hydrogen-bond donors (Lipinski definition) is 1. The third kappa shape index (κ3) is 2.10. The van der Waals surface area contributed by atoms with Gasteiger partial charge in [-0.1, -0.05) is 0 Å². The third-order valence-corrected chi connectivity index (χ3v) is 1.87. The van der Waals surface area contributed by atoms with E-state index >= 15 is 0 Å². The molecule has 0 amide bonds. The zero-order valence-corrected chi connectivity index (χ0v) is 8.50. The van der Waals surface area contributed by atoms with Gasteiger partial charge in [0.25, 0.3) is 0 Å². The Balaban J connectivity index is 3.20. The second-order valence-electron chi connectivity index (χ2n) is 2.28. The number of nitrogens with zero attached hydrogens (tertiary/aromatic N) is 2. The molecular formula is C8H7BrN2O2. The van der Waals surface area contributed by atoms with Gasteiger partial charge in [-0.2, -0.15) is 5.26 Å². The van der Waals surface area contributed by atoms with Gasteiger partial charge in [0, 0.05) is 6.07 Å². The lowest BCUT2D eigenvalue weighted by atomic mass is 10.2. The average Bonchev–Trinajstić information content (AvgIpc) is 2.11. The number of rotatable bonds is 2. The highest BCUT2D eigenvalue weighted by Gasteiger charge is 2.10. The summed E-state index contributed by atoms with van der Waals surface area (Å²) in [6.07, 6.45) is 0.0572. The van der Waals surface area contributed by atoms with E-state index in [0.717, 1.165) is 0 Å². The Labute approximate surface area is 83.9 Å². The fraction of sp³-hybridized carbons (Fsp3) is 0.250. The van der Waals surface area contributed by atoms with Crippen LogP contribution in [0.2, 0.25) is 0 Å². The van der Waals surface area contributed by atoms with Gasteiger partial charge >= 0.3 is 0 Å². The van der Waals surface area contributed by atoms with Crippen LogP contribution in [0, 0.1) is 11.3 Å². The number of methoxy groups -OCH3 is 1. The number of nitriles is 1. The second-order valence-corrected chi connectivity index (χ2v) is 3.09. The van der Waals surface area contributed by atoms with Crippen molar-refractivity contribution < 1.29 is 9.84 Å². The van der Waals surface area contributed by atoms with E-state index in [9.17, 15) is 5.11 Å². The number of ether oxygens (including phenoxy) is 1. The van der Waals surface area contributed by atoms with Crippen LogP contribution < -0.4 is 4.74 Å². The van der Waals surface area contributed by atoms with E-state index in [1.165, 1.54) is 13.2 Å². The molecular weight excluding hydrogens is 236 g/mol. The van der Waals surface area contributed by atoms with Crippen molar-refractivity contribution in [3.63, 3.8) is 0 Å². The standard InChI is InChI=1S/C8H7BrN2O2/c1-13-6-4-7(9)11-5(2-3-10)8(6)12/h4,12H,2H2,1H3. The molecule has 0 spiro atoms. The zero-order chi connectivity index (χ0) is 9.84. The molecule has 0 aliphatic heterocycles. The Morgan fingerprint density at radius 2 is 2.46 bits per heavy atom. The van der Waals surface area contributed by atoms with Gasteiger partial charge in [0.15, 0.2) is 11.5 Å². The van der Waals surface area contributed by atoms with Gasteiger partial charge in [-0.05, 0) is 15.9 Å². The van der Waals surface area contributed by atoms with Gasteiger partial charge in [0.1, 0.15) is 10.3 Å². The van der Waals surface area contributed by atoms with Crippen molar-refractivity contribution in [2.45, 2.75) is 6.42 Å². The number of hydrogen-bond acceptors (Lipinski definition) is 4. The minimum Gasteiger partial charge on any atom is -0.503 e. The van der Waals surface area contributed by atoms with Crippen LogP contribution in [-0.4, -0.2) is 17.2 Å². The first-order chi connectivity index (χ1) is 6.19. The summed E-state index contributed by atoms with van der Waals surface area (Å²) in [6.45, 7) is 0. The van der Waals surface area contributed by atoms with E-state index in [1.807, 2.05) is 6.07 Å². The summed E-state index contributed by atoms with van der Waals surface area (Å²) in [4.78, 5) is 3.94. The molecule has 68 valence electrons. The monoisotopic (exact) mass is 242 g/mol. The second kappa shape index (κ2) is 4.10. The largest absolute Gasteiger partial charge is 0.503 e. The molecule has 0 unspecified atom stereocenters. The van der Waals surface area contributed by atoms with Crippen molar-refractivity contribution in [2.75, 3.05) is 7.11 Å². The van der Waals surface area contributed by atoms with Crippen LogP contribution in [0.15, 0.2) is 10.7 Å². The van der Waals surface area contributed by atoms with Crippen molar-refractivity contribution in [2.24, 2.45) is 0 Å². The van der Waals surface area contributed by atoms with E-state index in [4.69, 9.17) is 10.00 Å². The Morgan fingerprint density at radius 1 is 1.77 bits per heavy atom. The third-order valence-electron chi connectivity index (χ3n) is 1.47. The molecule has 0 aromatic carbocycles. The molecule has 1 rings (SSSR count). The molecule has 0 aliphatic carbocycles. The maximum Gasteiger partial charge on any atom is 0.180 e. The van der Waals surface area contributed by atoms with E-state index in [-0.39, 0.29) is 12.2 Å². The number of aromatic nitrogens is 1. The van der Waals surface area contributed by atoms with Gasteiger partial charge in [-0.3, -0.25) is 0 Å². The molecule has 0 radical (unpaired) electrons. The molecule has 1 aromatic heterocycles. The Bertz CT molecular complexity index is 360. The highest BCUT2D eigenvalue weighted by molar-refractivity contribution is 9.10. The predicted molar refractivity (Wildman–Crippen MR) is 49.5 cm³/mol. The van der Waals surface area contributed by atoms with E-state index in [2.05, 4.69) is 20.9 Å². The lowest BCUT2D eigenvalue weighted by Crippen LogP contribution is -1.93.